The van der Waals surface area contributed by atoms with E-state index in [1.807, 2.05) is 0 Å². The SMILES string of the molecule is Cn1cnc([N+](=O)[O-])c1NCc1ccncn1. The van der Waals surface area contributed by atoms with Crippen molar-refractivity contribution in [3.8, 4) is 0 Å². The molecule has 0 bridgehead atoms. The number of nitrogens with one attached hydrogen (secondary N) is 1. The summed E-state index contributed by atoms with van der Waals surface area (Å²) in [4.78, 5) is 21.7. The molecular weight excluding hydrogens is 224 g/mol. The van der Waals surface area contributed by atoms with Crippen LogP contribution in [0.4, 0.5) is 11.6 Å². The quantitative estimate of drug-likeness (QED) is 0.618. The number of hydrogen-bond donors (Lipinski definition) is 1. The summed E-state index contributed by atoms with van der Waals surface area (Å²) in [5, 5.41) is 13.6. The van der Waals surface area contributed by atoms with E-state index < -0.39 is 4.92 Å². The van der Waals surface area contributed by atoms with Gasteiger partial charge in [-0.1, -0.05) is 0 Å². The maximum absolute atomic E-state index is 10.7. The zero-order chi connectivity index (χ0) is 12.3. The lowest BCUT2D eigenvalue weighted by molar-refractivity contribution is -0.388. The molecule has 0 amide bonds. The molecule has 2 rings (SSSR count). The molecule has 2 aromatic rings. The van der Waals surface area contributed by atoms with Gasteiger partial charge in [0.2, 0.25) is 12.1 Å². The molecule has 2 aromatic heterocycles. The molecule has 0 aromatic carbocycles. The summed E-state index contributed by atoms with van der Waals surface area (Å²) in [5.74, 6) is 0.162. The van der Waals surface area contributed by atoms with E-state index >= 15 is 0 Å². The van der Waals surface area contributed by atoms with Crippen LogP contribution in [0, 0.1) is 10.1 Å². The number of hydrogen-bond acceptors (Lipinski definition) is 6. The summed E-state index contributed by atoms with van der Waals surface area (Å²) in [7, 11) is 1.68. The van der Waals surface area contributed by atoms with Gasteiger partial charge in [-0.25, -0.2) is 9.97 Å². The molecule has 88 valence electrons. The van der Waals surface area contributed by atoms with Crippen LogP contribution < -0.4 is 5.32 Å². The fraction of sp³-hybridized carbons (Fsp3) is 0.222. The van der Waals surface area contributed by atoms with Crippen LogP contribution in [-0.2, 0) is 13.6 Å². The molecule has 0 fully saturated rings. The first-order valence-corrected chi connectivity index (χ1v) is 4.83. The maximum atomic E-state index is 10.7. The van der Waals surface area contributed by atoms with Gasteiger partial charge in [0.1, 0.15) is 6.33 Å². The second-order valence-corrected chi connectivity index (χ2v) is 3.34. The Labute approximate surface area is 96.5 Å². The van der Waals surface area contributed by atoms with Crippen molar-refractivity contribution in [3.05, 3.63) is 40.7 Å². The third-order valence-electron chi connectivity index (χ3n) is 2.17. The molecule has 0 spiro atoms. The van der Waals surface area contributed by atoms with E-state index in [9.17, 15) is 10.1 Å². The Balaban J connectivity index is 2.14. The standard InChI is InChI=1S/C9H10N6O2/c1-14-6-13-9(15(16)17)8(14)11-4-7-2-3-10-5-12-7/h2-3,5-6,11H,4H2,1H3. The number of nitrogens with zero attached hydrogens (tertiary/aromatic N) is 5. The highest BCUT2D eigenvalue weighted by Gasteiger charge is 2.19. The minimum absolute atomic E-state index is 0.193. The van der Waals surface area contributed by atoms with Crippen molar-refractivity contribution in [1.29, 1.82) is 0 Å². The van der Waals surface area contributed by atoms with Gasteiger partial charge in [0.05, 0.1) is 12.2 Å². The molecule has 0 unspecified atom stereocenters. The van der Waals surface area contributed by atoms with E-state index in [1.165, 1.54) is 12.7 Å². The topological polar surface area (TPSA) is 98.8 Å². The minimum atomic E-state index is -0.525. The number of imidazole rings is 1. The van der Waals surface area contributed by atoms with Crippen LogP contribution in [0.25, 0.3) is 0 Å². The van der Waals surface area contributed by atoms with E-state index in [0.29, 0.717) is 12.4 Å². The Morgan fingerprint density at radius 3 is 3.00 bits per heavy atom. The zero-order valence-electron chi connectivity index (χ0n) is 9.07. The second kappa shape index (κ2) is 4.56. The van der Waals surface area contributed by atoms with E-state index in [0.717, 1.165) is 5.69 Å². The zero-order valence-corrected chi connectivity index (χ0v) is 9.07. The summed E-state index contributed by atoms with van der Waals surface area (Å²) in [6, 6.07) is 1.73. The summed E-state index contributed by atoms with van der Waals surface area (Å²) >= 11 is 0. The Morgan fingerprint density at radius 1 is 1.53 bits per heavy atom. The minimum Gasteiger partial charge on any atom is -0.359 e. The van der Waals surface area contributed by atoms with Gasteiger partial charge in [-0.2, -0.15) is 0 Å². The Kier molecular flexibility index (Phi) is 2.95. The van der Waals surface area contributed by atoms with E-state index in [2.05, 4.69) is 20.3 Å². The lowest BCUT2D eigenvalue weighted by atomic mass is 10.4. The smallest absolute Gasteiger partial charge is 0.359 e. The normalized spacial score (nSPS) is 10.2. The second-order valence-electron chi connectivity index (χ2n) is 3.34. The molecule has 8 nitrogen and oxygen atoms in total. The lowest BCUT2D eigenvalue weighted by Crippen LogP contribution is -2.06. The van der Waals surface area contributed by atoms with Crippen LogP contribution in [0.3, 0.4) is 0 Å². The first-order chi connectivity index (χ1) is 8.18. The highest BCUT2D eigenvalue weighted by atomic mass is 16.6. The summed E-state index contributed by atoms with van der Waals surface area (Å²) in [6.45, 7) is 0.378. The van der Waals surface area contributed by atoms with Gasteiger partial charge in [0.25, 0.3) is 0 Å². The van der Waals surface area contributed by atoms with Gasteiger partial charge in [0, 0.05) is 13.2 Å². The predicted molar refractivity (Wildman–Crippen MR) is 59.2 cm³/mol. The molecule has 1 N–H and O–H groups in total. The summed E-state index contributed by atoms with van der Waals surface area (Å²) in [5.41, 5.74) is 0.746. The van der Waals surface area contributed by atoms with Crippen molar-refractivity contribution in [3.63, 3.8) is 0 Å². The third-order valence-corrected chi connectivity index (χ3v) is 2.17. The largest absolute Gasteiger partial charge is 0.406 e. The van der Waals surface area contributed by atoms with E-state index in [-0.39, 0.29) is 5.82 Å². The Bertz CT molecular complexity index is 524. The molecule has 0 saturated carbocycles. The highest BCUT2D eigenvalue weighted by molar-refractivity contribution is 5.52. The summed E-state index contributed by atoms with van der Waals surface area (Å²) < 4.78 is 1.55. The van der Waals surface area contributed by atoms with Crippen molar-refractivity contribution in [2.45, 2.75) is 6.54 Å². The van der Waals surface area contributed by atoms with E-state index in [4.69, 9.17) is 0 Å². The van der Waals surface area contributed by atoms with Crippen molar-refractivity contribution < 1.29 is 4.92 Å². The molecule has 0 aliphatic rings. The van der Waals surface area contributed by atoms with Gasteiger partial charge in [0.15, 0.2) is 0 Å². The average molecular weight is 234 g/mol. The van der Waals surface area contributed by atoms with Crippen LogP contribution in [-0.4, -0.2) is 24.4 Å². The van der Waals surface area contributed by atoms with Crippen molar-refractivity contribution in [2.24, 2.45) is 7.05 Å². The lowest BCUT2D eigenvalue weighted by Gasteiger charge is -2.05. The molecule has 0 aliphatic heterocycles. The van der Waals surface area contributed by atoms with Gasteiger partial charge >= 0.3 is 5.82 Å². The molecule has 17 heavy (non-hydrogen) atoms. The van der Waals surface area contributed by atoms with Crippen molar-refractivity contribution >= 4 is 11.6 Å². The number of rotatable bonds is 4. The Hall–Kier alpha value is -2.51. The van der Waals surface area contributed by atoms with Gasteiger partial charge in [-0.05, 0) is 16.0 Å². The van der Waals surface area contributed by atoms with Crippen molar-refractivity contribution in [1.82, 2.24) is 19.5 Å². The first kappa shape index (κ1) is 11.0. The fourth-order valence-corrected chi connectivity index (χ4v) is 1.35. The molecule has 0 atom stereocenters. The van der Waals surface area contributed by atoms with Crippen LogP contribution in [0.15, 0.2) is 24.9 Å². The molecule has 0 radical (unpaired) electrons. The molecular formula is C9H10N6O2. The van der Waals surface area contributed by atoms with Crippen LogP contribution in [0.2, 0.25) is 0 Å². The highest BCUT2D eigenvalue weighted by Crippen LogP contribution is 2.21. The molecule has 8 heteroatoms. The fourth-order valence-electron chi connectivity index (χ4n) is 1.35. The predicted octanol–water partition coefficient (Wildman–Crippen LogP) is 0.730. The van der Waals surface area contributed by atoms with Gasteiger partial charge < -0.3 is 15.4 Å². The van der Waals surface area contributed by atoms with Crippen LogP contribution >= 0.6 is 0 Å². The number of anilines is 1. The molecule has 2 heterocycles. The summed E-state index contributed by atoms with van der Waals surface area (Å²) in [6.07, 6.45) is 4.43. The first-order valence-electron chi connectivity index (χ1n) is 4.83. The number of aryl methyl sites for hydroxylation is 1. The van der Waals surface area contributed by atoms with E-state index in [1.54, 1.807) is 23.9 Å². The maximum Gasteiger partial charge on any atom is 0.406 e. The third kappa shape index (κ3) is 2.36. The van der Waals surface area contributed by atoms with Gasteiger partial charge in [-0.3, -0.25) is 4.57 Å². The number of nitro groups is 1. The van der Waals surface area contributed by atoms with Gasteiger partial charge in [-0.15, -0.1) is 0 Å². The van der Waals surface area contributed by atoms with Crippen LogP contribution in [0.1, 0.15) is 5.69 Å². The monoisotopic (exact) mass is 234 g/mol. The number of aromatic nitrogens is 4. The average Bonchev–Trinajstić information content (AvgIpc) is 2.69. The molecule has 0 aliphatic carbocycles. The van der Waals surface area contributed by atoms with Crippen molar-refractivity contribution in [2.75, 3.05) is 5.32 Å². The van der Waals surface area contributed by atoms with Crippen LogP contribution in [0.5, 0.6) is 0 Å². The Morgan fingerprint density at radius 2 is 2.35 bits per heavy atom. The molecule has 0 saturated heterocycles.